The molecule has 18 N–H and O–H groups in total. The zero-order chi connectivity index (χ0) is 74.8. The highest BCUT2D eigenvalue weighted by molar-refractivity contribution is 5.92. The Morgan fingerprint density at radius 3 is 1.10 bits per heavy atom. The monoisotopic (exact) mass is 1450 g/mol. The molecular formula is C67H121N9O25. The number of aliphatic hydroxyl groups excluding tert-OH is 9. The van der Waals surface area contributed by atoms with E-state index in [1.807, 2.05) is 13.8 Å². The third-order valence-electron chi connectivity index (χ3n) is 17.7. The number of hydrogen-bond donors (Lipinski definition) is 18. The number of carbonyl (C=O) groups is 9. The minimum Gasteiger partial charge on any atom is -0.394 e. The molecule has 0 bridgehead atoms. The van der Waals surface area contributed by atoms with E-state index in [2.05, 4.69) is 47.9 Å². The summed E-state index contributed by atoms with van der Waals surface area (Å²) in [7, 11) is 1.64. The number of nitrogens with one attached hydrogen (secondary N) is 9. The predicted molar refractivity (Wildman–Crippen MR) is 362 cm³/mol. The Kier molecular flexibility index (Phi) is 45.3. The molecule has 0 radical (unpaired) electrons. The number of aliphatic hydroxyl groups is 9. The lowest BCUT2D eigenvalue weighted by molar-refractivity contribution is -0.270. The molecule has 9 amide bonds. The van der Waals surface area contributed by atoms with Crippen molar-refractivity contribution in [3.63, 3.8) is 0 Å². The van der Waals surface area contributed by atoms with E-state index < -0.39 is 159 Å². The lowest BCUT2D eigenvalue weighted by atomic mass is 9.97. The third kappa shape index (κ3) is 34.8. The summed E-state index contributed by atoms with van der Waals surface area (Å²) in [6.45, 7) is 6.91. The summed E-state index contributed by atoms with van der Waals surface area (Å²) in [6.07, 6.45) is -5.63. The number of ether oxygens (including phenoxy) is 7. The fourth-order valence-corrected chi connectivity index (χ4v) is 11.9. The maximum atomic E-state index is 14.4. The number of methoxy groups -OCH3 is 1. The van der Waals surface area contributed by atoms with E-state index in [1.54, 1.807) is 7.11 Å². The molecule has 0 aromatic carbocycles. The zero-order valence-electron chi connectivity index (χ0n) is 59.9. The van der Waals surface area contributed by atoms with Gasteiger partial charge in [0, 0.05) is 99.1 Å². The molecule has 16 unspecified atom stereocenters. The van der Waals surface area contributed by atoms with Crippen LogP contribution in [0.2, 0.25) is 0 Å². The molecule has 584 valence electrons. The van der Waals surface area contributed by atoms with E-state index in [9.17, 15) is 89.1 Å². The van der Waals surface area contributed by atoms with Crippen LogP contribution >= 0.6 is 0 Å². The van der Waals surface area contributed by atoms with Gasteiger partial charge in [-0.25, -0.2) is 0 Å². The van der Waals surface area contributed by atoms with Gasteiger partial charge in [-0.1, -0.05) is 32.6 Å². The van der Waals surface area contributed by atoms with Crippen molar-refractivity contribution in [1.82, 2.24) is 47.9 Å². The van der Waals surface area contributed by atoms with Gasteiger partial charge in [-0.3, -0.25) is 43.2 Å². The highest BCUT2D eigenvalue weighted by Gasteiger charge is 2.48. The van der Waals surface area contributed by atoms with Crippen molar-refractivity contribution in [2.75, 3.05) is 66.4 Å². The van der Waals surface area contributed by atoms with E-state index in [4.69, 9.17) is 33.2 Å². The Morgan fingerprint density at radius 2 is 0.743 bits per heavy atom. The van der Waals surface area contributed by atoms with Gasteiger partial charge in [0.1, 0.15) is 85.1 Å². The Bertz CT molecular complexity index is 2420. The summed E-state index contributed by atoms with van der Waals surface area (Å²) < 4.78 is 39.6. The molecule has 3 rings (SSSR count). The van der Waals surface area contributed by atoms with Crippen LogP contribution in [0.4, 0.5) is 0 Å². The molecule has 0 aromatic rings. The second-order valence-corrected chi connectivity index (χ2v) is 26.3. The Balaban J connectivity index is 1.63. The van der Waals surface area contributed by atoms with Crippen molar-refractivity contribution in [2.24, 2.45) is 0 Å². The van der Waals surface area contributed by atoms with E-state index in [0.717, 1.165) is 6.42 Å². The van der Waals surface area contributed by atoms with Crippen LogP contribution in [0.15, 0.2) is 0 Å². The molecule has 0 saturated carbocycles. The highest BCUT2D eigenvalue weighted by atomic mass is 16.7. The van der Waals surface area contributed by atoms with E-state index in [0.29, 0.717) is 116 Å². The molecule has 0 aliphatic carbocycles. The number of unbranched alkanes of at least 4 members (excludes halogenated alkanes) is 10. The molecule has 3 fully saturated rings. The van der Waals surface area contributed by atoms with E-state index >= 15 is 0 Å². The first-order valence-electron chi connectivity index (χ1n) is 36.1. The molecule has 3 heterocycles. The van der Waals surface area contributed by atoms with Crippen LogP contribution in [0.1, 0.15) is 189 Å². The smallest absolute Gasteiger partial charge is 0.243 e. The Hall–Kier alpha value is -5.41. The third-order valence-corrected chi connectivity index (χ3v) is 17.7. The fourth-order valence-electron chi connectivity index (χ4n) is 11.9. The molecule has 3 saturated heterocycles. The van der Waals surface area contributed by atoms with Gasteiger partial charge in [0.15, 0.2) is 18.9 Å². The standard InChI is InChI=1S/C67H121N9O25/c1-7-44(95-6)36-40(2)71-52(85)28-12-8-18-32-70-63(93)45(24-16-19-30-68-50(83)26-13-9-21-33-96-65-54(72-41(3)80)60(90)57(87)47(37-77)99-65)76-64(94)46(75-53(86)29-15-11-23-35-98-67-56(74-43(5)82)62(92)59(89)49(39-79)101-67)25-17-20-31-69-51(84)27-14-10-22-34-97-66-55(73-42(4)81)61(91)58(88)48(38-78)100-66/h40,44-49,54-62,65-67,77-79,87-92H,7-39H2,1-6H3,(H,68,83)(H,69,84)(H,70,93)(H,71,85)(H,72,80)(H,73,81)(H,74,82)(H,75,86)(H,76,94)/t40?,44?,45?,46?,47?,48?,49?,54-,55-,56-,57?,58?,59?,60?,61?,62?,65?,66?,67?/m0/s1. The van der Waals surface area contributed by atoms with Gasteiger partial charge >= 0.3 is 0 Å². The minimum atomic E-state index is -1.49. The van der Waals surface area contributed by atoms with Gasteiger partial charge in [-0.05, 0) is 110 Å². The highest BCUT2D eigenvalue weighted by Crippen LogP contribution is 2.26. The SMILES string of the molecule is CCC(CC(C)NC(=O)CCCCCNC(=O)C(CCCCNC(=O)CCCCCOC1OC(CO)C(O)C(O)[C@@H]1NC(C)=O)NC(=O)C(CCCCNC(=O)CCCCCOC1OC(CO)C(O)C(O)[C@@H]1NC(C)=O)NC(=O)CCCCCOC1OC(CO)C(O)C(O)[C@@H]1NC(C)=O)OC. The van der Waals surface area contributed by atoms with Gasteiger partial charge in [-0.15, -0.1) is 0 Å². The van der Waals surface area contributed by atoms with Crippen molar-refractivity contribution < 1.29 is 122 Å². The average Bonchev–Trinajstić information content (AvgIpc) is 0.824. The quantitative estimate of drug-likeness (QED) is 0.0271. The summed E-state index contributed by atoms with van der Waals surface area (Å²) in [5, 5.41) is 116. The molecule has 101 heavy (non-hydrogen) atoms. The van der Waals surface area contributed by atoms with E-state index in [-0.39, 0.29) is 101 Å². The second-order valence-electron chi connectivity index (χ2n) is 26.3. The molecule has 19 atom stereocenters. The fraction of sp³-hybridized carbons (Fsp3) is 0.866. The van der Waals surface area contributed by atoms with Crippen LogP contribution < -0.4 is 47.9 Å². The average molecular weight is 1450 g/mol. The van der Waals surface area contributed by atoms with Crippen LogP contribution in [0.3, 0.4) is 0 Å². The summed E-state index contributed by atoms with van der Waals surface area (Å²) in [4.78, 5) is 116. The first-order valence-corrected chi connectivity index (χ1v) is 36.1. The molecule has 3 aliphatic rings. The van der Waals surface area contributed by atoms with Crippen LogP contribution in [-0.4, -0.2) is 282 Å². The minimum absolute atomic E-state index is 0.0127. The molecule has 3 aliphatic heterocycles. The van der Waals surface area contributed by atoms with Crippen molar-refractivity contribution in [3.05, 3.63) is 0 Å². The second kappa shape index (κ2) is 50.9. The van der Waals surface area contributed by atoms with Crippen LogP contribution in [0.5, 0.6) is 0 Å². The van der Waals surface area contributed by atoms with Crippen molar-refractivity contribution in [2.45, 2.75) is 305 Å². The van der Waals surface area contributed by atoms with Gasteiger partial charge in [0.2, 0.25) is 53.2 Å². The largest absolute Gasteiger partial charge is 0.394 e. The lowest BCUT2D eigenvalue weighted by Gasteiger charge is -2.42. The Morgan fingerprint density at radius 1 is 0.406 bits per heavy atom. The Labute approximate surface area is 592 Å². The maximum absolute atomic E-state index is 14.4. The first-order chi connectivity index (χ1) is 48.3. The van der Waals surface area contributed by atoms with E-state index in [1.165, 1.54) is 20.8 Å². The lowest BCUT2D eigenvalue weighted by Crippen LogP contribution is -2.64. The van der Waals surface area contributed by atoms with Gasteiger partial charge < -0.3 is 127 Å². The molecular weight excluding hydrogens is 1330 g/mol. The predicted octanol–water partition coefficient (Wildman–Crippen LogP) is -2.91. The molecule has 34 heteroatoms. The van der Waals surface area contributed by atoms with Crippen LogP contribution in [-0.2, 0) is 76.3 Å². The zero-order valence-corrected chi connectivity index (χ0v) is 59.9. The summed E-state index contributed by atoms with van der Waals surface area (Å²) in [5.74, 6) is -3.57. The van der Waals surface area contributed by atoms with Crippen molar-refractivity contribution in [1.29, 1.82) is 0 Å². The van der Waals surface area contributed by atoms with Gasteiger partial charge in [-0.2, -0.15) is 0 Å². The summed E-state index contributed by atoms with van der Waals surface area (Å²) in [6, 6.07) is -5.54. The normalized spacial score (nSPS) is 26.2. The molecule has 34 nitrogen and oxygen atoms in total. The topological polar surface area (TPSA) is 509 Å². The summed E-state index contributed by atoms with van der Waals surface area (Å²) in [5.41, 5.74) is 0. The van der Waals surface area contributed by atoms with Gasteiger partial charge in [0.05, 0.1) is 25.9 Å². The number of amides is 9. The van der Waals surface area contributed by atoms with Crippen molar-refractivity contribution in [3.8, 4) is 0 Å². The number of rotatable bonds is 52. The number of hydrogen-bond acceptors (Lipinski definition) is 25. The summed E-state index contributed by atoms with van der Waals surface area (Å²) >= 11 is 0. The number of carbonyl (C=O) groups excluding carboxylic acids is 9. The van der Waals surface area contributed by atoms with Gasteiger partial charge in [0.25, 0.3) is 0 Å². The van der Waals surface area contributed by atoms with Crippen molar-refractivity contribution >= 4 is 53.2 Å². The maximum Gasteiger partial charge on any atom is 0.243 e. The molecule has 0 aromatic heterocycles. The van der Waals surface area contributed by atoms with Crippen LogP contribution in [0.25, 0.3) is 0 Å². The molecule has 0 spiro atoms. The first kappa shape index (κ1) is 89.8. The van der Waals surface area contributed by atoms with Crippen LogP contribution in [0, 0.1) is 0 Å².